The number of amides is 1. The number of halogens is 1. The van der Waals surface area contributed by atoms with Gasteiger partial charge in [0.05, 0.1) is 14.2 Å². The van der Waals surface area contributed by atoms with E-state index in [1.807, 2.05) is 0 Å². The second kappa shape index (κ2) is 7.04. The first-order valence-electron chi connectivity index (χ1n) is 7.35. The number of benzene rings is 2. The Morgan fingerprint density at radius 1 is 1.12 bits per heavy atom. The molecule has 25 heavy (non-hydrogen) atoms. The predicted molar refractivity (Wildman–Crippen MR) is 89.4 cm³/mol. The zero-order valence-electron chi connectivity index (χ0n) is 13.6. The van der Waals surface area contributed by atoms with Gasteiger partial charge in [-0.05, 0) is 36.4 Å². The lowest BCUT2D eigenvalue weighted by molar-refractivity contribution is 0.102. The van der Waals surface area contributed by atoms with Crippen molar-refractivity contribution in [3.8, 4) is 22.8 Å². The average molecular weight is 342 g/mol. The minimum atomic E-state index is -0.510. The zero-order chi connectivity index (χ0) is 17.8. The van der Waals surface area contributed by atoms with Crippen LogP contribution in [0.25, 0.3) is 11.3 Å². The molecule has 0 atom stereocenters. The summed E-state index contributed by atoms with van der Waals surface area (Å²) in [6.45, 7) is 0. The molecule has 1 heterocycles. The lowest BCUT2D eigenvalue weighted by Crippen LogP contribution is -2.13. The number of rotatable bonds is 5. The molecule has 2 aromatic carbocycles. The summed E-state index contributed by atoms with van der Waals surface area (Å²) in [5, 5.41) is 2.59. The van der Waals surface area contributed by atoms with Crippen molar-refractivity contribution in [2.24, 2.45) is 0 Å². The molecule has 6 nitrogen and oxygen atoms in total. The number of nitrogens with zero attached hydrogens (tertiary/aromatic N) is 1. The van der Waals surface area contributed by atoms with Gasteiger partial charge in [0.15, 0.2) is 29.3 Å². The van der Waals surface area contributed by atoms with Gasteiger partial charge in [-0.3, -0.25) is 4.79 Å². The molecule has 0 saturated carbocycles. The Hall–Kier alpha value is -3.35. The van der Waals surface area contributed by atoms with Gasteiger partial charge < -0.3 is 19.2 Å². The number of oxazole rings is 1. The fraction of sp³-hybridized carbons (Fsp3) is 0.111. The van der Waals surface area contributed by atoms with E-state index in [0.29, 0.717) is 22.7 Å². The fourth-order valence-electron chi connectivity index (χ4n) is 2.35. The normalized spacial score (nSPS) is 10.4. The van der Waals surface area contributed by atoms with Crippen LogP contribution in [0.15, 0.2) is 53.3 Å². The van der Waals surface area contributed by atoms with Crippen molar-refractivity contribution in [2.75, 3.05) is 19.5 Å². The maximum atomic E-state index is 13.2. The van der Waals surface area contributed by atoms with Crippen LogP contribution in [0, 0.1) is 5.82 Å². The number of aromatic nitrogens is 1. The molecular weight excluding hydrogens is 327 g/mol. The Bertz CT molecular complexity index is 908. The topological polar surface area (TPSA) is 73.6 Å². The molecule has 0 spiro atoms. The van der Waals surface area contributed by atoms with Gasteiger partial charge in [-0.25, -0.2) is 9.37 Å². The van der Waals surface area contributed by atoms with E-state index in [0.717, 1.165) is 0 Å². The van der Waals surface area contributed by atoms with Crippen molar-refractivity contribution in [2.45, 2.75) is 0 Å². The minimum Gasteiger partial charge on any atom is -0.493 e. The first-order valence-corrected chi connectivity index (χ1v) is 7.35. The molecule has 3 aromatic rings. The highest BCUT2D eigenvalue weighted by molar-refractivity contribution is 6.06. The number of methoxy groups -OCH3 is 2. The van der Waals surface area contributed by atoms with Gasteiger partial charge in [0.2, 0.25) is 0 Å². The Labute approximate surface area is 143 Å². The van der Waals surface area contributed by atoms with Gasteiger partial charge >= 0.3 is 0 Å². The quantitative estimate of drug-likeness (QED) is 0.764. The van der Waals surface area contributed by atoms with Crippen LogP contribution in [0.4, 0.5) is 10.1 Å². The number of hydrogen-bond acceptors (Lipinski definition) is 5. The van der Waals surface area contributed by atoms with E-state index in [4.69, 9.17) is 13.9 Å². The number of nitrogens with one attached hydrogen (secondary N) is 1. The summed E-state index contributed by atoms with van der Waals surface area (Å²) < 4.78 is 29.1. The highest BCUT2D eigenvalue weighted by Crippen LogP contribution is 2.33. The number of ether oxygens (including phenoxy) is 2. The van der Waals surface area contributed by atoms with Gasteiger partial charge in [0, 0.05) is 11.3 Å². The Morgan fingerprint density at radius 3 is 2.64 bits per heavy atom. The summed E-state index contributed by atoms with van der Waals surface area (Å²) in [4.78, 5) is 16.4. The summed E-state index contributed by atoms with van der Waals surface area (Å²) in [6.07, 6.45) is 1.17. The van der Waals surface area contributed by atoms with Gasteiger partial charge in [0.1, 0.15) is 5.82 Å². The van der Waals surface area contributed by atoms with Gasteiger partial charge in [0.25, 0.3) is 5.91 Å². The molecule has 0 fully saturated rings. The third kappa shape index (κ3) is 3.45. The average Bonchev–Trinajstić information content (AvgIpc) is 3.11. The molecule has 128 valence electrons. The van der Waals surface area contributed by atoms with E-state index in [1.165, 1.54) is 38.8 Å². The third-order valence-corrected chi connectivity index (χ3v) is 3.51. The van der Waals surface area contributed by atoms with Crippen LogP contribution in [0.2, 0.25) is 0 Å². The summed E-state index contributed by atoms with van der Waals surface area (Å²) in [5.74, 6) is 0.362. The highest BCUT2D eigenvalue weighted by Gasteiger charge is 2.20. The standard InChI is InChI=1S/C18H15FN2O4/c1-23-14-7-6-11(8-15(14)24-2)17-16(20-10-25-17)18(22)21-13-5-3-4-12(19)9-13/h3-10H,1-2H3,(H,21,22). The number of hydrogen-bond donors (Lipinski definition) is 1. The van der Waals surface area contributed by atoms with E-state index in [1.54, 1.807) is 24.3 Å². The van der Waals surface area contributed by atoms with Crippen molar-refractivity contribution in [3.63, 3.8) is 0 Å². The molecule has 0 aliphatic heterocycles. The minimum absolute atomic E-state index is 0.0801. The molecule has 0 saturated heterocycles. The molecule has 7 heteroatoms. The second-order valence-corrected chi connectivity index (χ2v) is 5.06. The van der Waals surface area contributed by atoms with Crippen LogP contribution in [-0.4, -0.2) is 25.1 Å². The molecule has 0 radical (unpaired) electrons. The summed E-state index contributed by atoms with van der Waals surface area (Å²) >= 11 is 0. The monoisotopic (exact) mass is 342 g/mol. The van der Waals surface area contributed by atoms with Gasteiger partial charge in [-0.15, -0.1) is 0 Å². The molecule has 3 rings (SSSR count). The van der Waals surface area contributed by atoms with Crippen molar-refractivity contribution >= 4 is 11.6 Å². The predicted octanol–water partition coefficient (Wildman–Crippen LogP) is 3.75. The van der Waals surface area contributed by atoms with Crippen LogP contribution in [-0.2, 0) is 0 Å². The number of carbonyl (C=O) groups is 1. The molecule has 1 amide bonds. The lowest BCUT2D eigenvalue weighted by atomic mass is 10.1. The first kappa shape index (κ1) is 16.5. The van der Waals surface area contributed by atoms with Crippen molar-refractivity contribution in [1.82, 2.24) is 4.98 Å². The maximum absolute atomic E-state index is 13.2. The van der Waals surface area contributed by atoms with E-state index in [-0.39, 0.29) is 11.5 Å². The van der Waals surface area contributed by atoms with Gasteiger partial charge in [-0.2, -0.15) is 0 Å². The fourth-order valence-corrected chi connectivity index (χ4v) is 2.35. The second-order valence-electron chi connectivity index (χ2n) is 5.06. The molecule has 0 unspecified atom stereocenters. The zero-order valence-corrected chi connectivity index (χ0v) is 13.6. The van der Waals surface area contributed by atoms with E-state index >= 15 is 0 Å². The number of anilines is 1. The summed E-state index contributed by atoms with van der Waals surface area (Å²) in [7, 11) is 3.05. The molecule has 0 aliphatic rings. The molecule has 1 N–H and O–H groups in total. The lowest BCUT2D eigenvalue weighted by Gasteiger charge is -2.09. The molecular formula is C18H15FN2O4. The van der Waals surface area contributed by atoms with Crippen molar-refractivity contribution < 1.29 is 23.1 Å². The maximum Gasteiger partial charge on any atom is 0.278 e. The summed E-state index contributed by atoms with van der Waals surface area (Å²) in [6, 6.07) is 10.7. The van der Waals surface area contributed by atoms with E-state index < -0.39 is 11.7 Å². The van der Waals surface area contributed by atoms with E-state index in [2.05, 4.69) is 10.3 Å². The summed E-state index contributed by atoms with van der Waals surface area (Å²) in [5.41, 5.74) is 1.00. The molecule has 1 aromatic heterocycles. The van der Waals surface area contributed by atoms with Crippen molar-refractivity contribution in [3.05, 3.63) is 60.4 Å². The Balaban J connectivity index is 1.91. The van der Waals surface area contributed by atoms with Crippen molar-refractivity contribution in [1.29, 1.82) is 0 Å². The number of carbonyl (C=O) groups excluding carboxylic acids is 1. The van der Waals surface area contributed by atoms with Crippen LogP contribution in [0.1, 0.15) is 10.5 Å². The van der Waals surface area contributed by atoms with Crippen LogP contribution < -0.4 is 14.8 Å². The van der Waals surface area contributed by atoms with Crippen LogP contribution in [0.3, 0.4) is 0 Å². The van der Waals surface area contributed by atoms with Gasteiger partial charge in [-0.1, -0.05) is 6.07 Å². The van der Waals surface area contributed by atoms with Crippen LogP contribution in [0.5, 0.6) is 11.5 Å². The Morgan fingerprint density at radius 2 is 1.92 bits per heavy atom. The molecule has 0 bridgehead atoms. The van der Waals surface area contributed by atoms with Crippen LogP contribution >= 0.6 is 0 Å². The SMILES string of the molecule is COc1ccc(-c2ocnc2C(=O)Nc2cccc(F)c2)cc1OC. The highest BCUT2D eigenvalue weighted by atomic mass is 19.1. The molecule has 0 aliphatic carbocycles. The third-order valence-electron chi connectivity index (χ3n) is 3.51. The Kier molecular flexibility index (Phi) is 4.65. The smallest absolute Gasteiger partial charge is 0.278 e. The van der Waals surface area contributed by atoms with E-state index in [9.17, 15) is 9.18 Å². The first-order chi connectivity index (χ1) is 12.1. The largest absolute Gasteiger partial charge is 0.493 e.